The number of nitrogens with one attached hydrogen (secondary N) is 1. The van der Waals surface area contributed by atoms with Crippen molar-refractivity contribution in [1.82, 2.24) is 5.32 Å². The summed E-state index contributed by atoms with van der Waals surface area (Å²) in [7, 11) is 0. The Morgan fingerprint density at radius 3 is 2.88 bits per heavy atom. The lowest BCUT2D eigenvalue weighted by molar-refractivity contribution is 0.258. The molecule has 0 radical (unpaired) electrons. The van der Waals surface area contributed by atoms with Crippen molar-refractivity contribution in [3.8, 4) is 0 Å². The Labute approximate surface area is 104 Å². The predicted octanol–water partition coefficient (Wildman–Crippen LogP) is 3.61. The second kappa shape index (κ2) is 5.54. The summed E-state index contributed by atoms with van der Waals surface area (Å²) in [6.07, 6.45) is 5.41. The molecule has 1 aromatic rings. The van der Waals surface area contributed by atoms with Gasteiger partial charge in [-0.1, -0.05) is 25.5 Å². The van der Waals surface area contributed by atoms with Gasteiger partial charge in [-0.25, -0.2) is 0 Å². The van der Waals surface area contributed by atoms with E-state index >= 15 is 0 Å². The third-order valence-corrected chi connectivity index (χ3v) is 3.86. The maximum absolute atomic E-state index is 5.32. The summed E-state index contributed by atoms with van der Waals surface area (Å²) in [4.78, 5) is 0. The summed E-state index contributed by atoms with van der Waals surface area (Å²) in [5.41, 5.74) is 1.55. The Hall–Kier alpha value is -1.02. The van der Waals surface area contributed by atoms with Crippen molar-refractivity contribution in [2.75, 3.05) is 6.54 Å². The van der Waals surface area contributed by atoms with Crippen LogP contribution in [0, 0.1) is 17.8 Å². The minimum atomic E-state index is 0.683. The monoisotopic (exact) mass is 233 g/mol. The van der Waals surface area contributed by atoms with Gasteiger partial charge in [0.15, 0.2) is 0 Å². The van der Waals surface area contributed by atoms with Crippen molar-refractivity contribution >= 4 is 0 Å². The highest BCUT2D eigenvalue weighted by Crippen LogP contribution is 2.32. The summed E-state index contributed by atoms with van der Waals surface area (Å²) < 4.78 is 5.32. The normalized spacial score (nSPS) is 29.1. The fourth-order valence-electron chi connectivity index (χ4n) is 2.98. The van der Waals surface area contributed by atoms with Crippen LogP contribution >= 0.6 is 0 Å². The molecule has 1 aliphatic rings. The van der Waals surface area contributed by atoms with Gasteiger partial charge in [0.25, 0.3) is 0 Å². The first-order valence-corrected chi connectivity index (χ1v) is 6.57. The van der Waals surface area contributed by atoms with Gasteiger partial charge in [-0.15, -0.1) is 0 Å². The van der Waals surface area contributed by atoms with Crippen molar-refractivity contribution in [2.24, 2.45) is 17.8 Å². The number of furan rings is 1. The van der Waals surface area contributed by atoms with Crippen LogP contribution < -0.4 is 5.32 Å². The van der Waals surface area contributed by atoms with E-state index in [0.717, 1.165) is 30.7 Å². The van der Waals surface area contributed by atoms with E-state index in [0.29, 0.717) is 5.92 Å². The molecule has 0 unspecified atom stereocenters. The highest BCUT2D eigenvalue weighted by molar-refractivity contribution is 5.08. The molecule has 0 spiro atoms. The predicted molar refractivity (Wildman–Crippen MR) is 70.6 cm³/mol. The van der Waals surface area contributed by atoms with E-state index in [1.54, 1.807) is 11.8 Å². The van der Waals surface area contributed by atoms with Crippen molar-refractivity contribution < 1.29 is 4.42 Å². The summed E-state index contributed by atoms with van der Waals surface area (Å²) in [6.45, 7) is 8.86. The fraction of sp³-hybridized carbons (Fsp3) is 0.600. The van der Waals surface area contributed by atoms with Gasteiger partial charge in [-0.05, 0) is 49.8 Å². The Kier molecular flexibility index (Phi) is 4.06. The van der Waals surface area contributed by atoms with Crippen LogP contribution in [0.25, 0.3) is 0 Å². The third-order valence-electron chi connectivity index (χ3n) is 3.86. The second-order valence-corrected chi connectivity index (χ2v) is 5.43. The first-order valence-electron chi connectivity index (χ1n) is 6.57. The Morgan fingerprint density at radius 2 is 2.24 bits per heavy atom. The zero-order chi connectivity index (χ0) is 12.3. The zero-order valence-corrected chi connectivity index (χ0v) is 11.1. The molecular weight excluding hydrogens is 210 g/mol. The van der Waals surface area contributed by atoms with Crippen molar-refractivity contribution in [2.45, 2.75) is 33.7 Å². The summed E-state index contributed by atoms with van der Waals surface area (Å²) in [5.74, 6) is 3.23. The minimum absolute atomic E-state index is 0.683. The van der Waals surface area contributed by atoms with E-state index in [-0.39, 0.29) is 0 Å². The number of allylic oxidation sites excluding steroid dienone is 2. The molecule has 1 aliphatic carbocycles. The SMILES string of the molecule is CC1=C[C@@H](C)[C@@H](CNCc2ccco2)[C@H](C)C1. The molecule has 1 N–H and O–H groups in total. The fourth-order valence-corrected chi connectivity index (χ4v) is 2.98. The third kappa shape index (κ3) is 3.22. The Balaban J connectivity index is 1.82. The van der Waals surface area contributed by atoms with E-state index in [9.17, 15) is 0 Å². The molecule has 0 saturated carbocycles. The summed E-state index contributed by atoms with van der Waals surface area (Å²) >= 11 is 0. The molecule has 0 amide bonds. The first kappa shape index (κ1) is 12.4. The van der Waals surface area contributed by atoms with Gasteiger partial charge >= 0.3 is 0 Å². The number of rotatable bonds is 4. The molecule has 94 valence electrons. The van der Waals surface area contributed by atoms with Gasteiger partial charge in [0.1, 0.15) is 5.76 Å². The van der Waals surface area contributed by atoms with Gasteiger partial charge in [-0.2, -0.15) is 0 Å². The molecule has 3 atom stereocenters. The van der Waals surface area contributed by atoms with Crippen LogP contribution in [0.4, 0.5) is 0 Å². The minimum Gasteiger partial charge on any atom is -0.468 e. The molecule has 1 heterocycles. The molecule has 0 fully saturated rings. The van der Waals surface area contributed by atoms with E-state index in [1.807, 2.05) is 12.1 Å². The molecule has 1 aromatic heterocycles. The van der Waals surface area contributed by atoms with E-state index in [2.05, 4.69) is 32.2 Å². The highest BCUT2D eigenvalue weighted by atomic mass is 16.3. The molecular formula is C15H23NO. The Morgan fingerprint density at radius 1 is 1.41 bits per heavy atom. The van der Waals surface area contributed by atoms with Crippen LogP contribution in [0.3, 0.4) is 0 Å². The van der Waals surface area contributed by atoms with Gasteiger partial charge in [0.2, 0.25) is 0 Å². The van der Waals surface area contributed by atoms with Gasteiger partial charge < -0.3 is 9.73 Å². The lowest BCUT2D eigenvalue weighted by Gasteiger charge is -2.33. The van der Waals surface area contributed by atoms with E-state index < -0.39 is 0 Å². The van der Waals surface area contributed by atoms with Crippen LogP contribution in [0.5, 0.6) is 0 Å². The molecule has 17 heavy (non-hydrogen) atoms. The largest absolute Gasteiger partial charge is 0.468 e. The van der Waals surface area contributed by atoms with E-state index in [4.69, 9.17) is 4.42 Å². The van der Waals surface area contributed by atoms with Gasteiger partial charge in [-0.3, -0.25) is 0 Å². The lowest BCUT2D eigenvalue weighted by Crippen LogP contribution is -2.33. The maximum atomic E-state index is 5.32. The quantitative estimate of drug-likeness (QED) is 0.804. The van der Waals surface area contributed by atoms with E-state index in [1.165, 1.54) is 6.42 Å². The van der Waals surface area contributed by atoms with Crippen LogP contribution in [0.15, 0.2) is 34.5 Å². The molecule has 0 aliphatic heterocycles. The average Bonchev–Trinajstić information content (AvgIpc) is 2.74. The average molecular weight is 233 g/mol. The summed E-state index contributed by atoms with van der Waals surface area (Å²) in [5, 5.41) is 3.51. The molecule has 2 rings (SSSR count). The van der Waals surface area contributed by atoms with Crippen LogP contribution in [0.2, 0.25) is 0 Å². The molecule has 2 heteroatoms. The Bertz CT molecular complexity index is 366. The molecule has 0 saturated heterocycles. The zero-order valence-electron chi connectivity index (χ0n) is 11.1. The van der Waals surface area contributed by atoms with Crippen molar-refractivity contribution in [3.63, 3.8) is 0 Å². The van der Waals surface area contributed by atoms with Gasteiger partial charge in [0, 0.05) is 0 Å². The molecule has 0 bridgehead atoms. The van der Waals surface area contributed by atoms with Crippen LogP contribution in [-0.2, 0) is 6.54 Å². The van der Waals surface area contributed by atoms with Crippen molar-refractivity contribution in [1.29, 1.82) is 0 Å². The smallest absolute Gasteiger partial charge is 0.117 e. The maximum Gasteiger partial charge on any atom is 0.117 e. The lowest BCUT2D eigenvalue weighted by atomic mass is 9.75. The molecule has 0 aromatic carbocycles. The molecule has 2 nitrogen and oxygen atoms in total. The van der Waals surface area contributed by atoms with Gasteiger partial charge in [0.05, 0.1) is 12.8 Å². The standard InChI is InChI=1S/C15H23NO/c1-11-7-12(2)15(13(3)8-11)10-16-9-14-5-4-6-17-14/h4-7,12-13,15-16H,8-10H2,1-3H3/t12-,13-,15-/m1/s1. The number of hydrogen-bond donors (Lipinski definition) is 1. The van der Waals surface area contributed by atoms with Crippen LogP contribution in [-0.4, -0.2) is 6.54 Å². The first-order chi connectivity index (χ1) is 8.16. The topological polar surface area (TPSA) is 25.2 Å². The number of hydrogen-bond acceptors (Lipinski definition) is 2. The second-order valence-electron chi connectivity index (χ2n) is 5.43. The van der Waals surface area contributed by atoms with Crippen molar-refractivity contribution in [3.05, 3.63) is 35.8 Å². The van der Waals surface area contributed by atoms with Crippen LogP contribution in [0.1, 0.15) is 33.0 Å². The highest BCUT2D eigenvalue weighted by Gasteiger charge is 2.26. The summed E-state index contributed by atoms with van der Waals surface area (Å²) in [6, 6.07) is 3.96.